The van der Waals surface area contributed by atoms with Crippen molar-refractivity contribution < 1.29 is 58.3 Å². The standard InChI is InChI=1S/C12H13N4O4S.C3H8.Ac/c1-5-3-7(20-6(2)17)10(19-5)16-9-8(21-12(16)18)4-14-11(13)15-9;1-3-2;/h4-5,7,10H,1,3H2,2H3,(H2,13,14,15);3H2,1-2H3;/q-1;;/t5-,7-,10-;;/m1../s1. The van der Waals surface area contributed by atoms with Crippen LogP contribution < -0.4 is 10.6 Å². The van der Waals surface area contributed by atoms with E-state index in [4.69, 9.17) is 15.2 Å². The second kappa shape index (κ2) is 9.95. The molecule has 0 spiro atoms. The number of hydrogen-bond donors (Lipinski definition) is 1. The maximum Gasteiger partial charge on any atom is 0.311 e. The Hall–Kier alpha value is -0.558. The molecule has 1 saturated heterocycles. The molecule has 2 aromatic rings. The number of anilines is 1. The third-order valence-electron chi connectivity index (χ3n) is 3.09. The Kier molecular flexibility index (Phi) is 8.95. The number of aromatic nitrogens is 3. The van der Waals surface area contributed by atoms with E-state index in [9.17, 15) is 9.59 Å². The van der Waals surface area contributed by atoms with Crippen molar-refractivity contribution >= 4 is 33.6 Å². The van der Waals surface area contributed by atoms with Gasteiger partial charge < -0.3 is 22.1 Å². The van der Waals surface area contributed by atoms with Crippen LogP contribution in [-0.2, 0) is 14.3 Å². The van der Waals surface area contributed by atoms with Gasteiger partial charge in [-0.2, -0.15) is 4.98 Å². The number of fused-ring (bicyclic) bond motifs is 1. The molecule has 10 heteroatoms. The number of nitrogens with two attached hydrogens (primary N) is 1. The van der Waals surface area contributed by atoms with Crippen molar-refractivity contribution in [2.24, 2.45) is 0 Å². The van der Waals surface area contributed by atoms with E-state index in [0.29, 0.717) is 16.8 Å². The first kappa shape index (κ1) is 22.5. The van der Waals surface area contributed by atoms with E-state index in [1.807, 2.05) is 0 Å². The molecule has 3 atom stereocenters. The maximum atomic E-state index is 12.2. The summed E-state index contributed by atoms with van der Waals surface area (Å²) in [4.78, 5) is 31.1. The van der Waals surface area contributed by atoms with Crippen molar-refractivity contribution in [2.45, 2.75) is 52.0 Å². The smallest absolute Gasteiger partial charge is 0.311 e. The van der Waals surface area contributed by atoms with E-state index >= 15 is 0 Å². The third kappa shape index (κ3) is 5.46. The Morgan fingerprint density at radius 3 is 2.80 bits per heavy atom. The van der Waals surface area contributed by atoms with E-state index < -0.39 is 18.3 Å². The molecule has 3 rings (SSSR count). The summed E-state index contributed by atoms with van der Waals surface area (Å²) in [5, 5.41) is 0. The zero-order valence-electron chi connectivity index (χ0n) is 14.5. The van der Waals surface area contributed by atoms with Gasteiger partial charge in [-0.15, -0.1) is 0 Å². The van der Waals surface area contributed by atoms with Gasteiger partial charge in [0, 0.05) is 51.0 Å². The van der Waals surface area contributed by atoms with Gasteiger partial charge in [-0.25, -0.2) is 4.98 Å². The number of esters is 1. The van der Waals surface area contributed by atoms with Crippen LogP contribution in [0.3, 0.4) is 0 Å². The van der Waals surface area contributed by atoms with Crippen molar-refractivity contribution in [1.82, 2.24) is 14.5 Å². The number of carbonyl (C=O) groups excluding carboxylic acids is 1. The van der Waals surface area contributed by atoms with Gasteiger partial charge in [0.25, 0.3) is 0 Å². The van der Waals surface area contributed by atoms with Crippen LogP contribution in [0.25, 0.3) is 10.3 Å². The minimum absolute atomic E-state index is 0. The largest absolute Gasteiger partial charge is 0.458 e. The second-order valence-electron chi connectivity index (χ2n) is 5.39. The molecule has 2 aromatic heterocycles. The minimum atomic E-state index is -0.757. The quantitative estimate of drug-likeness (QED) is 0.427. The van der Waals surface area contributed by atoms with Crippen molar-refractivity contribution in [3.8, 4) is 0 Å². The topological polar surface area (TPSA) is 109 Å². The maximum absolute atomic E-state index is 12.2. The third-order valence-corrected chi connectivity index (χ3v) is 3.97. The number of thiazole rings is 1. The zero-order chi connectivity index (χ0) is 17.9. The van der Waals surface area contributed by atoms with Gasteiger partial charge in [0.05, 0.1) is 10.9 Å². The molecular formula is C15H21AcN4O4S-. The van der Waals surface area contributed by atoms with Crippen LogP contribution in [0.1, 0.15) is 39.8 Å². The molecule has 0 aromatic carbocycles. The number of hydrogen-bond acceptors (Lipinski definition) is 8. The molecule has 3 heterocycles. The van der Waals surface area contributed by atoms with Gasteiger partial charge in [-0.1, -0.05) is 37.7 Å². The molecule has 1 radical (unpaired) electrons. The fourth-order valence-corrected chi connectivity index (χ4v) is 3.15. The molecule has 0 unspecified atom stereocenters. The summed E-state index contributed by atoms with van der Waals surface area (Å²) in [5.41, 5.74) is 5.94. The van der Waals surface area contributed by atoms with E-state index in [1.165, 1.54) is 24.1 Å². The first-order valence-electron chi connectivity index (χ1n) is 7.66. The molecule has 0 aliphatic carbocycles. The molecule has 25 heavy (non-hydrogen) atoms. The monoisotopic (exact) mass is 580 g/mol. The van der Waals surface area contributed by atoms with E-state index in [-0.39, 0.29) is 61.0 Å². The summed E-state index contributed by atoms with van der Waals surface area (Å²) < 4.78 is 12.8. The summed E-state index contributed by atoms with van der Waals surface area (Å²) in [6.07, 6.45) is 1.43. The van der Waals surface area contributed by atoms with Gasteiger partial charge in [0.1, 0.15) is 6.10 Å². The van der Waals surface area contributed by atoms with Gasteiger partial charge in [-0.05, 0) is 6.42 Å². The van der Waals surface area contributed by atoms with E-state index in [1.54, 1.807) is 0 Å². The Morgan fingerprint density at radius 2 is 2.20 bits per heavy atom. The number of nitrogen functional groups attached to an aromatic ring is 1. The van der Waals surface area contributed by atoms with Gasteiger partial charge >= 0.3 is 10.8 Å². The second-order valence-corrected chi connectivity index (χ2v) is 6.39. The van der Waals surface area contributed by atoms with Gasteiger partial charge in [0.2, 0.25) is 5.95 Å². The summed E-state index contributed by atoms with van der Waals surface area (Å²) in [5.74, 6) is -0.383. The van der Waals surface area contributed by atoms with Crippen molar-refractivity contribution in [3.05, 3.63) is 22.8 Å². The van der Waals surface area contributed by atoms with Crippen molar-refractivity contribution in [1.29, 1.82) is 0 Å². The molecule has 8 nitrogen and oxygen atoms in total. The molecule has 1 aliphatic heterocycles. The van der Waals surface area contributed by atoms with Crippen molar-refractivity contribution in [2.75, 3.05) is 5.73 Å². The number of carbonyl (C=O) groups is 1. The summed E-state index contributed by atoms with van der Waals surface area (Å²) in [6, 6.07) is 0. The fraction of sp³-hybridized carbons (Fsp3) is 0.533. The number of ether oxygens (including phenoxy) is 2. The number of nitrogens with zero attached hydrogens (tertiary/aromatic N) is 3. The van der Waals surface area contributed by atoms with Crippen molar-refractivity contribution in [3.63, 3.8) is 0 Å². The van der Waals surface area contributed by atoms with E-state index in [2.05, 4.69) is 30.7 Å². The molecule has 2 N–H and O–H groups in total. The summed E-state index contributed by atoms with van der Waals surface area (Å²) >= 11 is 0.982. The predicted molar refractivity (Wildman–Crippen MR) is 91.5 cm³/mol. The average molecular weight is 580 g/mol. The normalized spacial score (nSPS) is 22.0. The first-order chi connectivity index (χ1) is 11.4. The van der Waals surface area contributed by atoms with Gasteiger partial charge in [-0.3, -0.25) is 14.2 Å². The molecule has 0 saturated carbocycles. The van der Waals surface area contributed by atoms with E-state index in [0.717, 1.165) is 11.3 Å². The van der Waals surface area contributed by atoms with Crippen LogP contribution >= 0.6 is 11.3 Å². The molecule has 1 aliphatic rings. The molecule has 135 valence electrons. The summed E-state index contributed by atoms with van der Waals surface area (Å²) in [7, 11) is 0. The SMILES string of the molecule is CCC.[Ac].[CH2-][C@@H]1C[C@@H](OC(C)=O)[C@H](n2c(=O)sc3cnc(N)nc32)O1. The Labute approximate surface area is 185 Å². The fourth-order valence-electron chi connectivity index (χ4n) is 2.34. The molecule has 0 amide bonds. The summed E-state index contributed by atoms with van der Waals surface area (Å²) in [6.45, 7) is 9.36. The predicted octanol–water partition coefficient (Wildman–Crippen LogP) is 1.90. The van der Waals surface area contributed by atoms with Crippen LogP contribution in [0, 0.1) is 51.0 Å². The van der Waals surface area contributed by atoms with Crippen LogP contribution in [0.4, 0.5) is 5.95 Å². The van der Waals surface area contributed by atoms with Crippen LogP contribution in [0.2, 0.25) is 0 Å². The van der Waals surface area contributed by atoms with Crippen LogP contribution in [0.15, 0.2) is 11.0 Å². The Balaban J connectivity index is 0.000000730. The number of rotatable bonds is 2. The van der Waals surface area contributed by atoms with Crippen LogP contribution in [-0.4, -0.2) is 32.7 Å². The molecule has 1 fully saturated rings. The minimum Gasteiger partial charge on any atom is -0.458 e. The Morgan fingerprint density at radius 1 is 1.56 bits per heavy atom. The molecule has 0 bridgehead atoms. The van der Waals surface area contributed by atoms with Crippen LogP contribution in [0.5, 0.6) is 0 Å². The Bertz CT molecular complexity index is 778. The zero-order valence-corrected chi connectivity index (χ0v) is 20.0. The van der Waals surface area contributed by atoms with Gasteiger partial charge in [0.15, 0.2) is 11.9 Å². The first-order valence-corrected chi connectivity index (χ1v) is 8.48. The average Bonchev–Trinajstić information content (AvgIpc) is 2.98. The molecular weight excluding hydrogens is 559 g/mol.